The maximum absolute atomic E-state index is 13.3. The van der Waals surface area contributed by atoms with Crippen molar-refractivity contribution in [2.75, 3.05) is 18.5 Å². The fourth-order valence-corrected chi connectivity index (χ4v) is 4.49. The summed E-state index contributed by atoms with van der Waals surface area (Å²) < 4.78 is 5.51. The van der Waals surface area contributed by atoms with Crippen molar-refractivity contribution in [1.82, 2.24) is 4.98 Å². The van der Waals surface area contributed by atoms with E-state index >= 15 is 0 Å². The highest BCUT2D eigenvalue weighted by Crippen LogP contribution is 2.45. The topological polar surface area (TPSA) is 51.2 Å². The number of carbonyl (C=O) groups excluding carboxylic acids is 1. The molecule has 1 aliphatic carbocycles. The maximum Gasteiger partial charge on any atom is 0.235 e. The van der Waals surface area contributed by atoms with Crippen LogP contribution in [0.5, 0.6) is 0 Å². The van der Waals surface area contributed by atoms with Gasteiger partial charge in [0.15, 0.2) is 0 Å². The highest BCUT2D eigenvalue weighted by Gasteiger charge is 2.43. The summed E-state index contributed by atoms with van der Waals surface area (Å²) in [4.78, 5) is 17.7. The number of aromatic nitrogens is 1. The zero-order valence-electron chi connectivity index (χ0n) is 13.3. The minimum absolute atomic E-state index is 0.00468. The number of nitrogens with one attached hydrogen (secondary N) is 1. The number of ether oxygens (including phenoxy) is 1. The number of anilines is 1. The van der Waals surface area contributed by atoms with Crippen molar-refractivity contribution in [3.05, 3.63) is 46.1 Å². The number of benzene rings is 1. The molecule has 4 nitrogen and oxygen atoms in total. The molecular formula is C18H19ClN2O2S. The van der Waals surface area contributed by atoms with Crippen molar-refractivity contribution in [3.8, 4) is 0 Å². The summed E-state index contributed by atoms with van der Waals surface area (Å²) in [7, 11) is 0. The molecule has 24 heavy (non-hydrogen) atoms. The number of hydrogen-bond donors (Lipinski definition) is 1. The first kappa shape index (κ1) is 16.1. The van der Waals surface area contributed by atoms with Gasteiger partial charge in [0.1, 0.15) is 5.00 Å². The maximum atomic E-state index is 13.3. The number of thiazole rings is 1. The van der Waals surface area contributed by atoms with E-state index in [2.05, 4.69) is 10.3 Å². The van der Waals surface area contributed by atoms with Crippen molar-refractivity contribution in [1.29, 1.82) is 0 Å². The Morgan fingerprint density at radius 3 is 2.75 bits per heavy atom. The van der Waals surface area contributed by atoms with E-state index in [1.807, 2.05) is 29.8 Å². The lowest BCUT2D eigenvalue weighted by atomic mass is 9.73. The molecule has 2 fully saturated rings. The third kappa shape index (κ3) is 2.85. The first-order chi connectivity index (χ1) is 11.7. The fourth-order valence-electron chi connectivity index (χ4n) is 3.41. The van der Waals surface area contributed by atoms with Gasteiger partial charge >= 0.3 is 0 Å². The van der Waals surface area contributed by atoms with Crippen LogP contribution in [0.25, 0.3) is 0 Å². The van der Waals surface area contributed by atoms with Gasteiger partial charge in [-0.2, -0.15) is 0 Å². The smallest absolute Gasteiger partial charge is 0.235 e. The van der Waals surface area contributed by atoms with Crippen LogP contribution in [0, 0.1) is 0 Å². The van der Waals surface area contributed by atoms with Crippen LogP contribution in [0.1, 0.15) is 42.9 Å². The third-order valence-electron chi connectivity index (χ3n) is 4.96. The van der Waals surface area contributed by atoms with Gasteiger partial charge in [0.25, 0.3) is 0 Å². The standard InChI is InChI=1S/C18H19ClN2O2S/c19-14-4-2-1-3-13(14)18(7-9-23-10-8-18)17(22)21-16-15(12-5-6-12)20-11-24-16/h1-4,11-12H,5-10H2,(H,21,22). The van der Waals surface area contributed by atoms with Crippen molar-refractivity contribution in [2.45, 2.75) is 37.0 Å². The molecule has 2 aliphatic rings. The van der Waals surface area contributed by atoms with Crippen LogP contribution in [-0.4, -0.2) is 24.1 Å². The van der Waals surface area contributed by atoms with Crippen molar-refractivity contribution in [3.63, 3.8) is 0 Å². The molecule has 4 rings (SSSR count). The normalized spacial score (nSPS) is 19.9. The molecule has 1 aromatic carbocycles. The van der Waals surface area contributed by atoms with Gasteiger partial charge in [0.2, 0.25) is 5.91 Å². The summed E-state index contributed by atoms with van der Waals surface area (Å²) in [6.07, 6.45) is 3.60. The molecule has 2 heterocycles. The highest BCUT2D eigenvalue weighted by molar-refractivity contribution is 7.14. The summed E-state index contributed by atoms with van der Waals surface area (Å²) in [5, 5.41) is 4.68. The van der Waals surface area contributed by atoms with Crippen LogP contribution in [0.3, 0.4) is 0 Å². The molecule has 1 aromatic heterocycles. The molecule has 0 atom stereocenters. The molecule has 126 valence electrons. The number of hydrogen-bond acceptors (Lipinski definition) is 4. The van der Waals surface area contributed by atoms with Crippen LogP contribution < -0.4 is 5.32 Å². The Morgan fingerprint density at radius 2 is 2.04 bits per heavy atom. The van der Waals surface area contributed by atoms with Crippen LogP contribution in [-0.2, 0) is 14.9 Å². The van der Waals surface area contributed by atoms with Gasteiger partial charge in [-0.1, -0.05) is 29.8 Å². The second kappa shape index (κ2) is 6.47. The van der Waals surface area contributed by atoms with E-state index in [4.69, 9.17) is 16.3 Å². The lowest BCUT2D eigenvalue weighted by molar-refractivity contribution is -0.125. The van der Waals surface area contributed by atoms with E-state index in [9.17, 15) is 4.79 Å². The molecule has 2 aromatic rings. The second-order valence-electron chi connectivity index (χ2n) is 6.47. The van der Waals surface area contributed by atoms with Gasteiger partial charge < -0.3 is 10.1 Å². The monoisotopic (exact) mass is 362 g/mol. The first-order valence-electron chi connectivity index (χ1n) is 8.28. The van der Waals surface area contributed by atoms with Gasteiger partial charge in [-0.3, -0.25) is 4.79 Å². The Hall–Kier alpha value is -1.43. The van der Waals surface area contributed by atoms with Crippen LogP contribution in [0.4, 0.5) is 5.00 Å². The highest BCUT2D eigenvalue weighted by atomic mass is 35.5. The SMILES string of the molecule is O=C(Nc1scnc1C1CC1)C1(c2ccccc2Cl)CCOCC1. The van der Waals surface area contributed by atoms with Gasteiger partial charge in [0.05, 0.1) is 16.6 Å². The molecule has 0 spiro atoms. The summed E-state index contributed by atoms with van der Waals surface area (Å²) in [6.45, 7) is 1.13. The molecule has 6 heteroatoms. The minimum atomic E-state index is -0.637. The van der Waals surface area contributed by atoms with E-state index < -0.39 is 5.41 Å². The Kier molecular flexibility index (Phi) is 4.33. The lowest BCUT2D eigenvalue weighted by Crippen LogP contribution is -2.45. The Morgan fingerprint density at radius 1 is 1.29 bits per heavy atom. The number of carbonyl (C=O) groups is 1. The number of rotatable bonds is 4. The molecule has 1 saturated carbocycles. The molecule has 1 aliphatic heterocycles. The molecule has 0 bridgehead atoms. The summed E-state index contributed by atoms with van der Waals surface area (Å²) in [5.41, 5.74) is 3.11. The largest absolute Gasteiger partial charge is 0.381 e. The zero-order chi connectivity index (χ0) is 16.6. The second-order valence-corrected chi connectivity index (χ2v) is 7.73. The molecule has 1 saturated heterocycles. The molecule has 0 unspecified atom stereocenters. The van der Waals surface area contributed by atoms with Crippen molar-refractivity contribution in [2.24, 2.45) is 0 Å². The molecule has 1 amide bonds. The average Bonchev–Trinajstić information content (AvgIpc) is 3.35. The lowest BCUT2D eigenvalue weighted by Gasteiger charge is -2.36. The van der Waals surface area contributed by atoms with E-state index in [0.717, 1.165) is 29.1 Å². The van der Waals surface area contributed by atoms with Gasteiger partial charge in [-0.25, -0.2) is 4.98 Å². The van der Waals surface area contributed by atoms with Gasteiger partial charge in [0, 0.05) is 24.2 Å². The summed E-state index contributed by atoms with van der Waals surface area (Å²) >= 11 is 7.94. The number of halogens is 1. The van der Waals surface area contributed by atoms with E-state index in [1.54, 1.807) is 0 Å². The van der Waals surface area contributed by atoms with Crippen molar-refractivity contribution >= 4 is 33.8 Å². The van der Waals surface area contributed by atoms with Crippen molar-refractivity contribution < 1.29 is 9.53 Å². The summed E-state index contributed by atoms with van der Waals surface area (Å²) in [5.74, 6) is 0.516. The van der Waals surface area contributed by atoms with E-state index in [0.29, 0.717) is 37.0 Å². The Balaban J connectivity index is 1.67. The predicted octanol–water partition coefficient (Wildman–Crippen LogP) is 4.36. The van der Waals surface area contributed by atoms with Gasteiger partial charge in [-0.05, 0) is 37.3 Å². The zero-order valence-corrected chi connectivity index (χ0v) is 14.8. The molecule has 0 radical (unpaired) electrons. The van der Waals surface area contributed by atoms with Crippen LogP contribution >= 0.6 is 22.9 Å². The Labute approximate surface area is 150 Å². The fraction of sp³-hybridized carbons (Fsp3) is 0.444. The van der Waals surface area contributed by atoms with E-state index in [-0.39, 0.29) is 5.91 Å². The average molecular weight is 363 g/mol. The summed E-state index contributed by atoms with van der Waals surface area (Å²) in [6, 6.07) is 7.64. The van der Waals surface area contributed by atoms with Crippen LogP contribution in [0.2, 0.25) is 5.02 Å². The first-order valence-corrected chi connectivity index (χ1v) is 9.54. The molecule has 1 N–H and O–H groups in total. The van der Waals surface area contributed by atoms with E-state index in [1.165, 1.54) is 11.3 Å². The number of amides is 1. The molecular weight excluding hydrogens is 344 g/mol. The van der Waals surface area contributed by atoms with Gasteiger partial charge in [-0.15, -0.1) is 11.3 Å². The Bertz CT molecular complexity index is 751. The van der Waals surface area contributed by atoms with Crippen LogP contribution in [0.15, 0.2) is 29.8 Å². The third-order valence-corrected chi connectivity index (χ3v) is 6.04. The number of nitrogens with zero attached hydrogens (tertiary/aromatic N) is 1. The minimum Gasteiger partial charge on any atom is -0.381 e. The predicted molar refractivity (Wildman–Crippen MR) is 95.9 cm³/mol. The quantitative estimate of drug-likeness (QED) is 0.879.